The largest absolute Gasteiger partial charge is 0.454 e. The molecule has 2 aromatic carbocycles. The predicted octanol–water partition coefficient (Wildman–Crippen LogP) is 5.17. The number of ether oxygens (including phenoxy) is 1. The van der Waals surface area contributed by atoms with Gasteiger partial charge in [0.25, 0.3) is 5.56 Å². The highest BCUT2D eigenvalue weighted by atomic mass is 35.5. The molecule has 12 heteroatoms. The minimum absolute atomic E-state index is 0.122. The monoisotopic (exact) mass is 540 g/mol. The van der Waals surface area contributed by atoms with E-state index in [1.807, 2.05) is 31.2 Å². The number of nitrogen functional groups attached to an aromatic ring is 1. The summed E-state index contributed by atoms with van der Waals surface area (Å²) in [5.41, 5.74) is 7.51. The Balaban J connectivity index is 1.49. The highest BCUT2D eigenvalue weighted by molar-refractivity contribution is 6.37. The molecule has 5 aromatic rings. The third-order valence-electron chi connectivity index (χ3n) is 5.31. The first-order valence-electron chi connectivity index (χ1n) is 10.4. The smallest absolute Gasteiger partial charge is 0.349 e. The van der Waals surface area contributed by atoms with Crippen LogP contribution in [0.25, 0.3) is 27.8 Å². The van der Waals surface area contributed by atoms with E-state index in [9.17, 15) is 9.59 Å². The van der Waals surface area contributed by atoms with Crippen LogP contribution in [0.4, 0.5) is 5.82 Å². The molecule has 0 radical (unpaired) electrons. The Bertz CT molecular complexity index is 1740. The first-order valence-corrected chi connectivity index (χ1v) is 11.5. The van der Waals surface area contributed by atoms with Crippen LogP contribution < -0.4 is 21.7 Å². The van der Waals surface area contributed by atoms with Gasteiger partial charge in [0, 0.05) is 17.1 Å². The summed E-state index contributed by atoms with van der Waals surface area (Å²) in [6.45, 7) is 1.97. The third kappa shape index (κ3) is 4.51. The summed E-state index contributed by atoms with van der Waals surface area (Å²) in [6.07, 6.45) is 1.67. The van der Waals surface area contributed by atoms with Gasteiger partial charge in [-0.3, -0.25) is 9.78 Å². The average Bonchev–Trinajstić information content (AvgIpc) is 2.84. The number of aromatic amines is 1. The molecule has 36 heavy (non-hydrogen) atoms. The Morgan fingerprint density at radius 1 is 1.00 bits per heavy atom. The molecule has 0 aliphatic carbocycles. The summed E-state index contributed by atoms with van der Waals surface area (Å²) in [4.78, 5) is 34.5. The van der Waals surface area contributed by atoms with Gasteiger partial charge in [0.05, 0.1) is 26.9 Å². The van der Waals surface area contributed by atoms with Gasteiger partial charge < -0.3 is 10.5 Å². The Morgan fingerprint density at radius 3 is 2.44 bits per heavy atom. The summed E-state index contributed by atoms with van der Waals surface area (Å²) in [6, 6.07) is 13.8. The summed E-state index contributed by atoms with van der Waals surface area (Å²) in [5.74, 6) is 0.285. The number of H-pyrrole nitrogens is 1. The fourth-order valence-electron chi connectivity index (χ4n) is 3.58. The summed E-state index contributed by atoms with van der Waals surface area (Å²) >= 11 is 18.7. The number of nitrogens with zero attached hydrogens (tertiary/aromatic N) is 4. The minimum atomic E-state index is -0.791. The fraction of sp³-hybridized carbons (Fsp3) is 0.0417. The number of halogens is 3. The molecular formula is C24H15Cl3N6O3. The van der Waals surface area contributed by atoms with Crippen molar-refractivity contribution < 1.29 is 4.74 Å². The lowest BCUT2D eigenvalue weighted by atomic mass is 10.1. The van der Waals surface area contributed by atoms with Crippen molar-refractivity contribution in [3.8, 4) is 28.4 Å². The van der Waals surface area contributed by atoms with E-state index in [-0.39, 0.29) is 27.3 Å². The molecule has 0 spiro atoms. The van der Waals surface area contributed by atoms with Crippen LogP contribution in [0.15, 0.2) is 64.3 Å². The maximum absolute atomic E-state index is 12.1. The molecule has 9 nitrogen and oxygen atoms in total. The number of nitrogens with two attached hydrogens (primary N) is 1. The zero-order valence-corrected chi connectivity index (χ0v) is 20.7. The van der Waals surface area contributed by atoms with Crippen molar-refractivity contribution in [2.75, 3.05) is 5.73 Å². The van der Waals surface area contributed by atoms with Crippen LogP contribution in [0.5, 0.6) is 11.5 Å². The van der Waals surface area contributed by atoms with E-state index >= 15 is 0 Å². The number of aromatic nitrogens is 5. The number of hydrogen-bond donors (Lipinski definition) is 2. The number of aryl methyl sites for hydroxylation is 1. The van der Waals surface area contributed by atoms with Crippen LogP contribution >= 0.6 is 34.8 Å². The minimum Gasteiger partial charge on any atom is -0.454 e. The van der Waals surface area contributed by atoms with Crippen LogP contribution in [0.3, 0.4) is 0 Å². The number of hydrogen-bond acceptors (Lipinski definition) is 7. The van der Waals surface area contributed by atoms with E-state index in [2.05, 4.69) is 15.1 Å². The lowest BCUT2D eigenvalue weighted by molar-refractivity contribution is 0.483. The fourth-order valence-corrected chi connectivity index (χ4v) is 4.25. The molecule has 5 rings (SSSR count). The first kappa shape index (κ1) is 23.8. The zero-order chi connectivity index (χ0) is 25.6. The lowest BCUT2D eigenvalue weighted by Crippen LogP contribution is -2.33. The van der Waals surface area contributed by atoms with Crippen molar-refractivity contribution in [1.82, 2.24) is 24.7 Å². The molecule has 0 atom stereocenters. The van der Waals surface area contributed by atoms with Gasteiger partial charge in [-0.15, -0.1) is 5.10 Å². The molecule has 3 N–H and O–H groups in total. The van der Waals surface area contributed by atoms with Gasteiger partial charge in [0.15, 0.2) is 5.75 Å². The van der Waals surface area contributed by atoms with E-state index in [1.54, 1.807) is 18.3 Å². The molecule has 0 aliphatic heterocycles. The van der Waals surface area contributed by atoms with Crippen molar-refractivity contribution in [3.63, 3.8) is 0 Å². The Hall–Kier alpha value is -3.92. The second kappa shape index (κ2) is 9.27. The molecule has 3 heterocycles. The van der Waals surface area contributed by atoms with E-state index in [4.69, 9.17) is 50.3 Å². The summed E-state index contributed by atoms with van der Waals surface area (Å²) in [5, 5.41) is 5.31. The highest BCUT2D eigenvalue weighted by Gasteiger charge is 2.15. The average molecular weight is 542 g/mol. The van der Waals surface area contributed by atoms with Crippen LogP contribution in [-0.4, -0.2) is 24.7 Å². The zero-order valence-electron chi connectivity index (χ0n) is 18.4. The number of fused-ring (bicyclic) bond motifs is 1. The van der Waals surface area contributed by atoms with Gasteiger partial charge in [0.2, 0.25) is 5.82 Å². The maximum atomic E-state index is 12.1. The van der Waals surface area contributed by atoms with Crippen molar-refractivity contribution in [1.29, 1.82) is 0 Å². The number of benzene rings is 2. The van der Waals surface area contributed by atoms with E-state index in [0.29, 0.717) is 10.9 Å². The second-order valence-electron chi connectivity index (χ2n) is 7.77. The maximum Gasteiger partial charge on any atom is 0.349 e. The Morgan fingerprint density at radius 2 is 1.75 bits per heavy atom. The lowest BCUT2D eigenvalue weighted by Gasteiger charge is -2.13. The highest BCUT2D eigenvalue weighted by Crippen LogP contribution is 2.39. The Kier molecular flexibility index (Phi) is 6.13. The first-order chi connectivity index (χ1) is 17.2. The molecule has 0 unspecified atom stereocenters. The quantitative estimate of drug-likeness (QED) is 0.300. The summed E-state index contributed by atoms with van der Waals surface area (Å²) in [7, 11) is 0. The van der Waals surface area contributed by atoms with Gasteiger partial charge in [-0.25, -0.2) is 14.8 Å². The van der Waals surface area contributed by atoms with Crippen molar-refractivity contribution in [3.05, 3.63) is 96.3 Å². The van der Waals surface area contributed by atoms with Gasteiger partial charge in [-0.1, -0.05) is 34.8 Å². The van der Waals surface area contributed by atoms with Crippen LogP contribution in [0.2, 0.25) is 15.2 Å². The van der Waals surface area contributed by atoms with Crippen molar-refractivity contribution in [2.45, 2.75) is 6.92 Å². The number of anilines is 1. The molecule has 0 saturated heterocycles. The molecule has 0 amide bonds. The van der Waals surface area contributed by atoms with Crippen molar-refractivity contribution in [2.24, 2.45) is 0 Å². The molecule has 0 fully saturated rings. The van der Waals surface area contributed by atoms with Crippen LogP contribution in [0, 0.1) is 6.92 Å². The van der Waals surface area contributed by atoms with Crippen molar-refractivity contribution >= 4 is 51.5 Å². The molecular weight excluding hydrogens is 527 g/mol. The normalized spacial score (nSPS) is 11.1. The van der Waals surface area contributed by atoms with Crippen LogP contribution in [0.1, 0.15) is 5.56 Å². The van der Waals surface area contributed by atoms with E-state index in [0.717, 1.165) is 32.4 Å². The topological polar surface area (TPSA) is 129 Å². The molecule has 0 bridgehead atoms. The molecule has 3 aromatic heterocycles. The predicted molar refractivity (Wildman–Crippen MR) is 140 cm³/mol. The molecule has 0 aliphatic rings. The SMILES string of the molecule is Cc1cc(-c2ccc(Cl)nc2)nc2ccc(Oc3c(Cl)cc(-n4nc(N)c(=O)[nH]c4=O)cc3Cl)cc12. The second-order valence-corrected chi connectivity index (χ2v) is 8.97. The van der Waals surface area contributed by atoms with Gasteiger partial charge in [-0.05, 0) is 61.0 Å². The summed E-state index contributed by atoms with van der Waals surface area (Å²) < 4.78 is 6.87. The van der Waals surface area contributed by atoms with Gasteiger partial charge >= 0.3 is 5.69 Å². The number of nitrogens with one attached hydrogen (secondary N) is 1. The van der Waals surface area contributed by atoms with Gasteiger partial charge in [-0.2, -0.15) is 4.68 Å². The number of rotatable bonds is 4. The van der Waals surface area contributed by atoms with E-state index < -0.39 is 11.2 Å². The molecule has 180 valence electrons. The standard InChI is InChI=1S/C24H15Cl3N6O3/c1-11-6-19(12-2-5-20(27)29-10-12)30-18-4-3-14(9-15(11)18)36-21-16(25)7-13(8-17(21)26)33-24(35)31-23(34)22(28)32-33/h2-10H,1H3,(H2,28,32)(H,31,34,35). The van der Waals surface area contributed by atoms with Crippen LogP contribution in [-0.2, 0) is 0 Å². The Labute approximate surface area is 218 Å². The molecule has 0 saturated carbocycles. The van der Waals surface area contributed by atoms with E-state index in [1.165, 1.54) is 12.1 Å². The van der Waals surface area contributed by atoms with Gasteiger partial charge in [0.1, 0.15) is 10.9 Å². The third-order valence-corrected chi connectivity index (χ3v) is 6.10. The number of pyridine rings is 2.